The number of halogens is 3. The number of alkyl halides is 3. The monoisotopic (exact) mass is 1150 g/mol. The average Bonchev–Trinajstić information content (AvgIpc) is 3.94. The van der Waals surface area contributed by atoms with Crippen LogP contribution < -0.4 is 20.3 Å². The first-order valence-electron chi connectivity index (χ1n) is 25.0. The van der Waals surface area contributed by atoms with Gasteiger partial charge in [-0.2, -0.15) is 5.90 Å². The van der Waals surface area contributed by atoms with Gasteiger partial charge in [0.25, 0.3) is 3.79 Å². The van der Waals surface area contributed by atoms with E-state index in [0.29, 0.717) is 27.5 Å². The van der Waals surface area contributed by atoms with Crippen molar-refractivity contribution in [1.29, 1.82) is 0 Å². The van der Waals surface area contributed by atoms with Gasteiger partial charge in [0.2, 0.25) is 0 Å². The van der Waals surface area contributed by atoms with Crippen LogP contribution in [0.2, 0.25) is 0 Å². The van der Waals surface area contributed by atoms with Crippen LogP contribution in [-0.4, -0.2) is 105 Å². The predicted octanol–water partition coefficient (Wildman–Crippen LogP) is 8.88. The van der Waals surface area contributed by atoms with Crippen molar-refractivity contribution in [2.75, 3.05) is 20.8 Å². The second-order valence-corrected chi connectivity index (χ2v) is 24.1. The van der Waals surface area contributed by atoms with Crippen LogP contribution in [-0.2, 0) is 52.6 Å². The molecule has 3 N–H and O–H groups in total. The highest BCUT2D eigenvalue weighted by Crippen LogP contribution is 2.66. The van der Waals surface area contributed by atoms with Crippen molar-refractivity contribution in [1.82, 2.24) is 4.31 Å². The summed E-state index contributed by atoms with van der Waals surface area (Å²) in [4.78, 5) is 84.4. The number of ketones is 1. The number of hydrogen-bond acceptors (Lipinski definition) is 19. The summed E-state index contributed by atoms with van der Waals surface area (Å²) in [7, 11) is 2.99. The zero-order valence-corrected chi connectivity index (χ0v) is 46.9. The summed E-state index contributed by atoms with van der Waals surface area (Å²) < 4.78 is 49.3. The number of benzene rings is 4. The van der Waals surface area contributed by atoms with Crippen LogP contribution in [0.4, 0.5) is 0 Å². The first-order valence-corrected chi connectivity index (χ1v) is 26.9. The van der Waals surface area contributed by atoms with Crippen LogP contribution >= 0.6 is 46.8 Å². The second-order valence-electron chi connectivity index (χ2n) is 20.8. The van der Waals surface area contributed by atoms with E-state index in [1.165, 1.54) is 33.3 Å². The summed E-state index contributed by atoms with van der Waals surface area (Å²) in [6.07, 6.45) is -8.97. The van der Waals surface area contributed by atoms with Gasteiger partial charge in [-0.15, -0.1) is 0 Å². The van der Waals surface area contributed by atoms with Gasteiger partial charge in [-0.05, 0) is 84.3 Å². The van der Waals surface area contributed by atoms with Crippen molar-refractivity contribution in [2.24, 2.45) is 28.6 Å². The van der Waals surface area contributed by atoms with Crippen molar-refractivity contribution < 1.29 is 76.8 Å². The molecule has 4 aromatic carbocycles. The lowest BCUT2D eigenvalue weighted by molar-refractivity contribution is -0.340. The van der Waals surface area contributed by atoms with E-state index in [1.807, 2.05) is 22.5 Å². The highest BCUT2D eigenvalue weighted by Gasteiger charge is 2.78. The number of carbonyl (C=O) groups is 5. The Hall–Kier alpha value is -5.45. The van der Waals surface area contributed by atoms with Crippen LogP contribution in [0.15, 0.2) is 119 Å². The maximum Gasteiger partial charge on any atom is 0.359 e. The minimum Gasteiger partial charge on any atom is -0.497 e. The molecule has 3 aliphatic carbocycles. The molecule has 2 saturated carbocycles. The normalized spacial score (nSPS) is 31.2. The van der Waals surface area contributed by atoms with Gasteiger partial charge in [0.05, 0.1) is 43.2 Å². The van der Waals surface area contributed by atoms with E-state index >= 15 is 9.59 Å². The topological polar surface area (TPSA) is 227 Å². The Bertz CT molecular complexity index is 3000. The summed E-state index contributed by atoms with van der Waals surface area (Å²) in [6.45, 7) is 9.05. The highest BCUT2D eigenvalue weighted by molar-refractivity contribution is 7.97. The van der Waals surface area contributed by atoms with Gasteiger partial charge in [-0.25, -0.2) is 18.7 Å². The van der Waals surface area contributed by atoms with Gasteiger partial charge in [-0.3, -0.25) is 9.59 Å². The molecule has 2 saturated heterocycles. The molecular formula is C56H59Cl3N2O16S. The Balaban J connectivity index is 1.24. The number of hydrogen-bond donors (Lipinski definition) is 2. The van der Waals surface area contributed by atoms with Crippen molar-refractivity contribution in [2.45, 2.75) is 117 Å². The molecule has 18 nitrogen and oxygen atoms in total. The van der Waals surface area contributed by atoms with E-state index in [-0.39, 0.29) is 35.5 Å². The van der Waals surface area contributed by atoms with Crippen LogP contribution in [0.3, 0.4) is 0 Å². The standard InChI is InChI=1S/C56H59Cl3N2O16S/c1-29-25-40-54(28-70-40,75-31(3)62)45-47(74-49(64)33-19-13-10-14-20-33)55(67)27-38(30(2)41(52(55,4)5)43(46(63)53(29,45)6)73-51(66)56(57,58)59)71-50(65)44-42(32-17-11-9-12-18-32)61(78-39-22-16-15-21-36(39)76-77-60)48(72-44)35-24-23-34(68-7)26-37(35)69-8/h9-24,26,29,38,40,42-45,47-48,67H,25,27-28,60H2,1-8H3/t29-,38-,40+,42-,43+,44?,45-,47-,48?,53+,54-,55+/m0/s1. The van der Waals surface area contributed by atoms with Crippen molar-refractivity contribution in [3.63, 3.8) is 0 Å². The van der Waals surface area contributed by atoms with Gasteiger partial charge in [0.15, 0.2) is 35.6 Å². The van der Waals surface area contributed by atoms with E-state index in [2.05, 4.69) is 4.99 Å². The third-order valence-electron chi connectivity index (χ3n) is 16.4. The number of Topliss-reactive ketones (excluding diaryl/α,β-unsaturated/α-hetero) is 1. The molecule has 4 fully saturated rings. The number of ether oxygens (including phenoxy) is 8. The summed E-state index contributed by atoms with van der Waals surface area (Å²) in [5.41, 5.74) is -6.28. The van der Waals surface area contributed by atoms with Crippen molar-refractivity contribution in [3.8, 4) is 17.2 Å². The van der Waals surface area contributed by atoms with Gasteiger partial charge in [0, 0.05) is 35.8 Å². The summed E-state index contributed by atoms with van der Waals surface area (Å²) >= 11 is 19.8. The molecule has 2 unspecified atom stereocenters. The molecule has 22 heteroatoms. The Morgan fingerprint density at radius 1 is 0.872 bits per heavy atom. The maximum absolute atomic E-state index is 16.2. The molecule has 2 bridgehead atoms. The maximum atomic E-state index is 16.2. The molecule has 2 aliphatic heterocycles. The van der Waals surface area contributed by atoms with Crippen molar-refractivity contribution >= 4 is 76.4 Å². The van der Waals surface area contributed by atoms with Crippen LogP contribution in [0.25, 0.3) is 0 Å². The Kier molecular flexibility index (Phi) is 16.1. The van der Waals surface area contributed by atoms with Gasteiger partial charge in [-0.1, -0.05) is 128 Å². The first kappa shape index (κ1) is 57.2. The molecule has 0 radical (unpaired) electrons. The van der Waals surface area contributed by atoms with Crippen LogP contribution in [0, 0.1) is 22.7 Å². The fourth-order valence-corrected chi connectivity index (χ4v) is 13.6. The second kappa shape index (κ2) is 21.9. The molecule has 2 heterocycles. The lowest BCUT2D eigenvalue weighted by Gasteiger charge is -2.68. The number of carbonyl (C=O) groups excluding carboxylic acids is 5. The number of methoxy groups -OCH3 is 2. The molecule has 78 heavy (non-hydrogen) atoms. The largest absolute Gasteiger partial charge is 0.497 e. The quantitative estimate of drug-likeness (QED) is 0.0228. The fourth-order valence-electron chi connectivity index (χ4n) is 12.3. The highest BCUT2D eigenvalue weighted by atomic mass is 35.6. The van der Waals surface area contributed by atoms with E-state index in [0.717, 1.165) is 11.9 Å². The summed E-state index contributed by atoms with van der Waals surface area (Å²) in [5, 5.41) is 14.3. The van der Waals surface area contributed by atoms with E-state index < -0.39 is 117 Å². The predicted molar refractivity (Wildman–Crippen MR) is 283 cm³/mol. The van der Waals surface area contributed by atoms with Crippen LogP contribution in [0.1, 0.15) is 88.1 Å². The minimum atomic E-state index is -2.71. The molecule has 416 valence electrons. The number of para-hydroxylation sites is 1. The molecular weight excluding hydrogens is 1100 g/mol. The molecule has 0 amide bonds. The number of fused-ring (bicyclic) bond motifs is 5. The van der Waals surface area contributed by atoms with Crippen LogP contribution in [0.5, 0.6) is 17.2 Å². The molecule has 4 aromatic rings. The molecule has 5 aliphatic rings. The number of rotatable bonds is 14. The summed E-state index contributed by atoms with van der Waals surface area (Å²) in [6, 6.07) is 28.1. The number of nitrogens with two attached hydrogens (primary N) is 1. The zero-order valence-electron chi connectivity index (χ0n) is 43.8. The molecule has 0 aromatic heterocycles. The van der Waals surface area contributed by atoms with E-state index in [9.17, 15) is 19.5 Å². The number of esters is 4. The van der Waals surface area contributed by atoms with Gasteiger partial charge < -0.3 is 47.9 Å². The minimum absolute atomic E-state index is 0.0217. The Morgan fingerprint density at radius 3 is 2.15 bits per heavy atom. The van der Waals surface area contributed by atoms with E-state index in [1.54, 1.807) is 107 Å². The summed E-state index contributed by atoms with van der Waals surface area (Å²) in [5.74, 6) is -0.406. The van der Waals surface area contributed by atoms with Gasteiger partial charge >= 0.3 is 23.9 Å². The Labute approximate surface area is 469 Å². The molecule has 9 rings (SSSR count). The number of aliphatic hydroxyl groups is 1. The average molecular weight is 1150 g/mol. The molecule has 12 atom stereocenters. The van der Waals surface area contributed by atoms with Gasteiger partial charge in [0.1, 0.15) is 35.4 Å². The van der Waals surface area contributed by atoms with Crippen molar-refractivity contribution in [3.05, 3.63) is 131 Å². The molecule has 0 spiro atoms. The first-order chi connectivity index (χ1) is 37.0. The zero-order chi connectivity index (χ0) is 56.3. The lowest BCUT2D eigenvalue weighted by atomic mass is 9.43. The fraction of sp³-hybridized carbons (Fsp3) is 0.446. The SMILES string of the molecule is COc1ccc(C2OC(C(=O)O[C@H]3C[C@@]4(O)[C@@H](OC(=O)c5ccccc5)[C@@H]5[C@]6(OC(C)=O)CO[C@@H]6C[C@H](C)[C@@]5(C)C(=O)[C@H](OC(=O)C(Cl)(Cl)Cl)C(=C3C)C4(C)C)[C@H](c3ccccc3)N2Sc2ccccc2OON)c(OC)c1. The van der Waals surface area contributed by atoms with E-state index in [4.69, 9.17) is 83.5 Å². The number of nitrogens with zero attached hydrogens (tertiary/aromatic N) is 1. The lowest BCUT2D eigenvalue weighted by Crippen LogP contribution is -2.81. The third kappa shape index (κ3) is 9.81. The Morgan fingerprint density at radius 2 is 1.54 bits per heavy atom. The smallest absolute Gasteiger partial charge is 0.359 e. The third-order valence-corrected chi connectivity index (χ3v) is 18.0.